The van der Waals surface area contributed by atoms with Crippen LogP contribution in [0.3, 0.4) is 0 Å². The predicted molar refractivity (Wildman–Crippen MR) is 110 cm³/mol. The van der Waals surface area contributed by atoms with E-state index in [0.717, 1.165) is 43.7 Å². The molecule has 2 aromatic heterocycles. The number of nitrogens with one attached hydrogen (secondary N) is 1. The van der Waals surface area contributed by atoms with Gasteiger partial charge < -0.3 is 9.80 Å². The molecule has 0 saturated carbocycles. The molecule has 0 spiro atoms. The van der Waals surface area contributed by atoms with Crippen molar-refractivity contribution in [2.75, 3.05) is 31.1 Å². The summed E-state index contributed by atoms with van der Waals surface area (Å²) in [6.45, 7) is 9.61. The molecule has 27 heavy (non-hydrogen) atoms. The first-order valence-electron chi connectivity index (χ1n) is 9.59. The van der Waals surface area contributed by atoms with Gasteiger partial charge in [-0.3, -0.25) is 0 Å². The zero-order valence-corrected chi connectivity index (χ0v) is 16.7. The summed E-state index contributed by atoms with van der Waals surface area (Å²) in [7, 11) is 0. The molecule has 0 radical (unpaired) electrons. The highest BCUT2D eigenvalue weighted by Crippen LogP contribution is 2.25. The predicted octanol–water partition coefficient (Wildman–Crippen LogP) is 2.63. The van der Waals surface area contributed by atoms with Gasteiger partial charge in [0.1, 0.15) is 17.2 Å². The van der Waals surface area contributed by atoms with E-state index in [1.807, 2.05) is 18.5 Å². The Morgan fingerprint density at radius 2 is 1.78 bits per heavy atom. The van der Waals surface area contributed by atoms with E-state index in [0.29, 0.717) is 5.92 Å². The summed E-state index contributed by atoms with van der Waals surface area (Å²) in [5.74, 6) is 1.41. The summed E-state index contributed by atoms with van der Waals surface area (Å²) in [5.41, 5.74) is 3.79. The van der Waals surface area contributed by atoms with Crippen LogP contribution < -0.4 is 9.80 Å². The number of hydrogen-bond donors (Lipinski definition) is 1. The minimum absolute atomic E-state index is 0.564. The molecule has 6 heteroatoms. The lowest BCUT2D eigenvalue weighted by atomic mass is 10.0. The van der Waals surface area contributed by atoms with Crippen molar-refractivity contribution in [1.82, 2.24) is 15.0 Å². The topological polar surface area (TPSA) is 46.4 Å². The average Bonchev–Trinajstić information content (AvgIpc) is 3.18. The monoisotopic (exact) mass is 380 g/mol. The Morgan fingerprint density at radius 1 is 1.07 bits per heavy atom. The molecule has 3 aromatic rings. The van der Waals surface area contributed by atoms with Crippen molar-refractivity contribution in [1.29, 1.82) is 0 Å². The van der Waals surface area contributed by atoms with Crippen LogP contribution in [-0.2, 0) is 6.54 Å². The SMILES string of the molecule is CC(C)c1ccc(-c2nc(C[NH+]3CCN(c4ncccn4)CC3)cs2)cc1. The fourth-order valence-corrected chi connectivity index (χ4v) is 4.27. The number of rotatable bonds is 5. The van der Waals surface area contributed by atoms with E-state index in [9.17, 15) is 0 Å². The minimum Gasteiger partial charge on any atom is -0.330 e. The molecule has 0 amide bonds. The maximum absolute atomic E-state index is 4.89. The molecule has 0 aliphatic carbocycles. The summed E-state index contributed by atoms with van der Waals surface area (Å²) < 4.78 is 0. The molecule has 0 unspecified atom stereocenters. The lowest BCUT2D eigenvalue weighted by molar-refractivity contribution is -0.914. The molecule has 1 aliphatic rings. The van der Waals surface area contributed by atoms with Crippen LogP contribution in [0, 0.1) is 0 Å². The zero-order valence-electron chi connectivity index (χ0n) is 15.9. The van der Waals surface area contributed by atoms with Gasteiger partial charge in [-0.15, -0.1) is 11.3 Å². The van der Waals surface area contributed by atoms with Crippen LogP contribution in [0.15, 0.2) is 48.1 Å². The standard InChI is InChI=1S/C21H25N5S/c1-16(2)17-4-6-18(7-5-17)20-24-19(15-27-20)14-25-10-12-26(13-11-25)21-22-8-3-9-23-21/h3-9,15-16H,10-14H2,1-2H3/p+1. The number of anilines is 1. The third kappa shape index (κ3) is 4.34. The second-order valence-electron chi connectivity index (χ2n) is 7.38. The molecule has 140 valence electrons. The van der Waals surface area contributed by atoms with Crippen LogP contribution in [0.1, 0.15) is 31.0 Å². The van der Waals surface area contributed by atoms with Crippen LogP contribution in [-0.4, -0.2) is 41.1 Å². The van der Waals surface area contributed by atoms with Crippen LogP contribution in [0.25, 0.3) is 10.6 Å². The second kappa shape index (κ2) is 8.15. The van der Waals surface area contributed by atoms with Crippen molar-refractivity contribution in [2.24, 2.45) is 0 Å². The molecule has 5 nitrogen and oxygen atoms in total. The number of quaternary nitrogens is 1. The number of hydrogen-bond acceptors (Lipinski definition) is 5. The molecule has 1 N–H and O–H groups in total. The Balaban J connectivity index is 1.35. The van der Waals surface area contributed by atoms with E-state index < -0.39 is 0 Å². The molecule has 0 atom stereocenters. The van der Waals surface area contributed by atoms with Gasteiger partial charge in [0.15, 0.2) is 0 Å². The van der Waals surface area contributed by atoms with Gasteiger partial charge in [0, 0.05) is 23.3 Å². The number of piperazine rings is 1. The summed E-state index contributed by atoms with van der Waals surface area (Å²) in [6.07, 6.45) is 3.62. The summed E-state index contributed by atoms with van der Waals surface area (Å²) in [6, 6.07) is 10.7. The molecule has 3 heterocycles. The minimum atomic E-state index is 0.564. The van der Waals surface area contributed by atoms with Gasteiger partial charge in [-0.2, -0.15) is 0 Å². The highest BCUT2D eigenvalue weighted by Gasteiger charge is 2.22. The fraction of sp³-hybridized carbons (Fsp3) is 0.381. The zero-order chi connectivity index (χ0) is 18.6. The fourth-order valence-electron chi connectivity index (χ4n) is 3.44. The smallest absolute Gasteiger partial charge is 0.225 e. The Kier molecular flexibility index (Phi) is 5.45. The summed E-state index contributed by atoms with van der Waals surface area (Å²) in [5, 5.41) is 3.33. The van der Waals surface area contributed by atoms with Crippen LogP contribution in [0.4, 0.5) is 5.95 Å². The second-order valence-corrected chi connectivity index (χ2v) is 8.24. The summed E-state index contributed by atoms with van der Waals surface area (Å²) in [4.78, 5) is 17.5. The molecule has 1 aromatic carbocycles. The van der Waals surface area contributed by atoms with E-state index in [-0.39, 0.29) is 0 Å². The van der Waals surface area contributed by atoms with Crippen LogP contribution >= 0.6 is 11.3 Å². The maximum Gasteiger partial charge on any atom is 0.225 e. The number of aromatic nitrogens is 3. The van der Waals surface area contributed by atoms with E-state index in [1.165, 1.54) is 16.8 Å². The van der Waals surface area contributed by atoms with Gasteiger partial charge in [0.25, 0.3) is 0 Å². The van der Waals surface area contributed by atoms with Gasteiger partial charge in [0.2, 0.25) is 5.95 Å². The van der Waals surface area contributed by atoms with E-state index in [1.54, 1.807) is 16.2 Å². The van der Waals surface area contributed by atoms with Crippen molar-refractivity contribution in [3.8, 4) is 10.6 Å². The maximum atomic E-state index is 4.89. The van der Waals surface area contributed by atoms with Gasteiger partial charge in [-0.1, -0.05) is 38.1 Å². The number of benzene rings is 1. The molecule has 1 fully saturated rings. The first-order chi connectivity index (χ1) is 13.2. The third-order valence-corrected chi connectivity index (χ3v) is 6.05. The quantitative estimate of drug-likeness (QED) is 0.739. The van der Waals surface area contributed by atoms with E-state index >= 15 is 0 Å². The van der Waals surface area contributed by atoms with Crippen molar-refractivity contribution < 1.29 is 4.90 Å². The first-order valence-corrected chi connectivity index (χ1v) is 10.5. The molecular formula is C21H26N5S+. The lowest BCUT2D eigenvalue weighted by Gasteiger charge is -2.31. The molecular weight excluding hydrogens is 354 g/mol. The normalized spacial score (nSPS) is 15.4. The summed E-state index contributed by atoms with van der Waals surface area (Å²) >= 11 is 1.75. The molecule has 1 aliphatic heterocycles. The Hall–Kier alpha value is -2.31. The Bertz CT molecular complexity index is 852. The number of nitrogens with zero attached hydrogens (tertiary/aromatic N) is 4. The van der Waals surface area contributed by atoms with E-state index in [2.05, 4.69) is 58.4 Å². The van der Waals surface area contributed by atoms with E-state index in [4.69, 9.17) is 4.98 Å². The largest absolute Gasteiger partial charge is 0.330 e. The molecule has 4 rings (SSSR count). The highest BCUT2D eigenvalue weighted by molar-refractivity contribution is 7.13. The Morgan fingerprint density at radius 3 is 2.44 bits per heavy atom. The molecule has 1 saturated heterocycles. The average molecular weight is 381 g/mol. The lowest BCUT2D eigenvalue weighted by Crippen LogP contribution is -3.13. The van der Waals surface area contributed by atoms with Crippen molar-refractivity contribution in [3.63, 3.8) is 0 Å². The van der Waals surface area contributed by atoms with Crippen molar-refractivity contribution >= 4 is 17.3 Å². The van der Waals surface area contributed by atoms with Gasteiger partial charge in [-0.05, 0) is 17.5 Å². The van der Waals surface area contributed by atoms with Gasteiger partial charge in [-0.25, -0.2) is 15.0 Å². The van der Waals surface area contributed by atoms with Gasteiger partial charge >= 0.3 is 0 Å². The first kappa shape index (κ1) is 18.1. The van der Waals surface area contributed by atoms with Crippen molar-refractivity contribution in [2.45, 2.75) is 26.3 Å². The number of thiazole rings is 1. The molecule has 0 bridgehead atoms. The highest BCUT2D eigenvalue weighted by atomic mass is 32.1. The van der Waals surface area contributed by atoms with Crippen LogP contribution in [0.2, 0.25) is 0 Å². The van der Waals surface area contributed by atoms with Gasteiger partial charge in [0.05, 0.1) is 26.2 Å². The third-order valence-electron chi connectivity index (χ3n) is 5.11. The van der Waals surface area contributed by atoms with Crippen LogP contribution in [0.5, 0.6) is 0 Å². The van der Waals surface area contributed by atoms with Crippen molar-refractivity contribution in [3.05, 3.63) is 59.4 Å². The Labute approximate surface area is 164 Å².